The van der Waals surface area contributed by atoms with Crippen LogP contribution in [-0.4, -0.2) is 41.5 Å². The monoisotopic (exact) mass is 402 g/mol. The molecule has 0 N–H and O–H groups in total. The van der Waals surface area contributed by atoms with E-state index in [1.165, 1.54) is 13.8 Å². The van der Waals surface area contributed by atoms with Crippen LogP contribution in [0.1, 0.15) is 48.0 Å². The van der Waals surface area contributed by atoms with E-state index in [4.69, 9.17) is 14.2 Å². The molecule has 0 spiro atoms. The highest BCUT2D eigenvalue weighted by Gasteiger charge is 2.65. The van der Waals surface area contributed by atoms with Crippen LogP contribution in [0.5, 0.6) is 0 Å². The van der Waals surface area contributed by atoms with Crippen molar-refractivity contribution in [1.29, 1.82) is 0 Å². The predicted molar refractivity (Wildman–Crippen MR) is 102 cm³/mol. The minimum atomic E-state index is -1.65. The Morgan fingerprint density at radius 3 is 2.48 bits per heavy atom. The number of rotatable bonds is 3. The Morgan fingerprint density at radius 1 is 1.24 bits per heavy atom. The van der Waals surface area contributed by atoms with Crippen LogP contribution in [-0.2, 0) is 33.4 Å². The highest BCUT2D eigenvalue weighted by molar-refractivity contribution is 6.09. The van der Waals surface area contributed by atoms with Crippen molar-refractivity contribution in [2.75, 3.05) is 0 Å². The van der Waals surface area contributed by atoms with Gasteiger partial charge in [-0.15, -0.1) is 0 Å². The van der Waals surface area contributed by atoms with Gasteiger partial charge < -0.3 is 14.2 Å². The Bertz CT molecular complexity index is 891. The van der Waals surface area contributed by atoms with Crippen molar-refractivity contribution in [3.8, 4) is 0 Å². The summed E-state index contributed by atoms with van der Waals surface area (Å²) in [6.07, 6.45) is 1.85. The third kappa shape index (κ3) is 3.32. The average Bonchev–Trinajstić information content (AvgIpc) is 3.00. The molecule has 0 saturated carbocycles. The maximum atomic E-state index is 12.9. The average molecular weight is 402 g/mol. The lowest BCUT2D eigenvalue weighted by molar-refractivity contribution is -0.175. The molecule has 5 atom stereocenters. The van der Waals surface area contributed by atoms with Crippen LogP contribution in [0.15, 0.2) is 34.4 Å². The molecule has 1 fully saturated rings. The van der Waals surface area contributed by atoms with Gasteiger partial charge >= 0.3 is 17.9 Å². The number of ether oxygens (including phenoxy) is 3. The van der Waals surface area contributed by atoms with Gasteiger partial charge in [-0.05, 0) is 40.7 Å². The van der Waals surface area contributed by atoms with Crippen molar-refractivity contribution in [2.24, 2.45) is 11.8 Å². The molecule has 0 aromatic carbocycles. The molecule has 1 saturated heterocycles. The molecular formula is C22H26O7. The molecule has 29 heavy (non-hydrogen) atoms. The third-order valence-electron chi connectivity index (χ3n) is 6.14. The molecule has 0 aromatic heterocycles. The minimum Gasteiger partial charge on any atom is -0.462 e. The van der Waals surface area contributed by atoms with Gasteiger partial charge in [-0.1, -0.05) is 17.2 Å². The second-order valence-electron chi connectivity index (χ2n) is 8.14. The van der Waals surface area contributed by atoms with E-state index in [9.17, 15) is 19.2 Å². The standard InChI is InChI=1S/C22H26O7/c1-7-10(2)20(25)29-22(6)18-15(27-13(5)23)9-12(4)16-14(24)8-11(3)17(16)19(18)28-21(22)26/h7-8,15,17-19H,9H2,1-6H3/b10-7-/t15-,17-,18+,19+,22+/m0/s1. The molecule has 7 heteroatoms. The number of hydrogen-bond donors (Lipinski definition) is 0. The minimum absolute atomic E-state index is 0.126. The molecule has 3 aliphatic rings. The Kier molecular flexibility index (Phi) is 5.28. The van der Waals surface area contributed by atoms with Crippen LogP contribution in [0.2, 0.25) is 0 Å². The number of fused-ring (bicyclic) bond motifs is 3. The molecule has 0 radical (unpaired) electrons. The zero-order chi connectivity index (χ0) is 21.7. The van der Waals surface area contributed by atoms with Crippen LogP contribution in [0.3, 0.4) is 0 Å². The zero-order valence-corrected chi connectivity index (χ0v) is 17.5. The summed E-state index contributed by atoms with van der Waals surface area (Å²) in [6, 6.07) is 0. The molecule has 2 aliphatic carbocycles. The third-order valence-corrected chi connectivity index (χ3v) is 6.14. The number of esters is 3. The van der Waals surface area contributed by atoms with Gasteiger partial charge in [0.05, 0.1) is 5.92 Å². The normalized spacial score (nSPS) is 34.1. The van der Waals surface area contributed by atoms with E-state index in [-0.39, 0.29) is 12.2 Å². The Balaban J connectivity index is 2.11. The molecule has 0 amide bonds. The summed E-state index contributed by atoms with van der Waals surface area (Å²) in [4.78, 5) is 49.8. The van der Waals surface area contributed by atoms with Crippen molar-refractivity contribution in [3.63, 3.8) is 0 Å². The van der Waals surface area contributed by atoms with Gasteiger partial charge in [0.15, 0.2) is 5.78 Å². The smallest absolute Gasteiger partial charge is 0.351 e. The van der Waals surface area contributed by atoms with Gasteiger partial charge in [0.25, 0.3) is 0 Å². The number of carbonyl (C=O) groups is 4. The number of hydrogen-bond acceptors (Lipinski definition) is 7. The lowest BCUT2D eigenvalue weighted by Gasteiger charge is -2.34. The number of carbonyl (C=O) groups excluding carboxylic acids is 4. The highest BCUT2D eigenvalue weighted by Crippen LogP contribution is 2.51. The molecule has 0 unspecified atom stereocenters. The Labute approximate surface area is 169 Å². The van der Waals surface area contributed by atoms with Crippen LogP contribution in [0, 0.1) is 11.8 Å². The van der Waals surface area contributed by atoms with Gasteiger partial charge in [0.2, 0.25) is 5.60 Å². The largest absolute Gasteiger partial charge is 0.462 e. The van der Waals surface area contributed by atoms with E-state index in [0.717, 1.165) is 11.1 Å². The van der Waals surface area contributed by atoms with E-state index in [2.05, 4.69) is 0 Å². The molecule has 3 rings (SSSR count). The summed E-state index contributed by atoms with van der Waals surface area (Å²) in [5.74, 6) is -3.18. The van der Waals surface area contributed by atoms with Gasteiger partial charge in [-0.25, -0.2) is 9.59 Å². The predicted octanol–water partition coefficient (Wildman–Crippen LogP) is 2.59. The fraction of sp³-hybridized carbons (Fsp3) is 0.545. The zero-order valence-electron chi connectivity index (χ0n) is 17.5. The fourth-order valence-corrected chi connectivity index (χ4v) is 4.63. The molecule has 0 aromatic rings. The van der Waals surface area contributed by atoms with Crippen LogP contribution < -0.4 is 0 Å². The molecule has 7 nitrogen and oxygen atoms in total. The first-order valence-electron chi connectivity index (χ1n) is 9.68. The summed E-state index contributed by atoms with van der Waals surface area (Å²) in [5, 5.41) is 0. The van der Waals surface area contributed by atoms with Gasteiger partial charge in [-0.3, -0.25) is 9.59 Å². The van der Waals surface area contributed by atoms with E-state index >= 15 is 0 Å². The van der Waals surface area contributed by atoms with Crippen molar-refractivity contribution >= 4 is 23.7 Å². The fourth-order valence-electron chi connectivity index (χ4n) is 4.63. The van der Waals surface area contributed by atoms with Gasteiger partial charge in [0, 0.05) is 30.4 Å². The topological polar surface area (TPSA) is 96.0 Å². The van der Waals surface area contributed by atoms with Gasteiger partial charge in [0.1, 0.15) is 12.2 Å². The first kappa shape index (κ1) is 21.0. The van der Waals surface area contributed by atoms with E-state index < -0.39 is 47.6 Å². The van der Waals surface area contributed by atoms with E-state index in [0.29, 0.717) is 11.1 Å². The Hall–Kier alpha value is -2.70. The Morgan fingerprint density at radius 2 is 1.90 bits per heavy atom. The molecule has 1 aliphatic heterocycles. The van der Waals surface area contributed by atoms with Crippen LogP contribution >= 0.6 is 0 Å². The van der Waals surface area contributed by atoms with Crippen LogP contribution in [0.4, 0.5) is 0 Å². The maximum absolute atomic E-state index is 12.9. The summed E-state index contributed by atoms with van der Waals surface area (Å²) in [7, 11) is 0. The maximum Gasteiger partial charge on any atom is 0.351 e. The van der Waals surface area contributed by atoms with Crippen molar-refractivity contribution in [2.45, 2.75) is 65.8 Å². The second-order valence-corrected chi connectivity index (χ2v) is 8.14. The van der Waals surface area contributed by atoms with Crippen molar-refractivity contribution < 1.29 is 33.4 Å². The number of ketones is 1. The lowest BCUT2D eigenvalue weighted by atomic mass is 9.77. The first-order valence-corrected chi connectivity index (χ1v) is 9.68. The SMILES string of the molecule is C/C=C(/C)C(=O)O[C@@]1(C)C(=O)O[C@@H]2[C@H]3C(C)=CC(=O)C3=C(C)C[C@H](OC(C)=O)[C@H]21. The molecule has 156 valence electrons. The number of allylic oxidation sites excluding steroid dienone is 2. The second kappa shape index (κ2) is 7.28. The lowest BCUT2D eigenvalue weighted by Crippen LogP contribution is -2.50. The quantitative estimate of drug-likeness (QED) is 0.407. The summed E-state index contributed by atoms with van der Waals surface area (Å²) >= 11 is 0. The first-order chi connectivity index (χ1) is 13.5. The van der Waals surface area contributed by atoms with E-state index in [1.807, 2.05) is 13.8 Å². The molecule has 1 heterocycles. The van der Waals surface area contributed by atoms with Crippen LogP contribution in [0.25, 0.3) is 0 Å². The van der Waals surface area contributed by atoms with E-state index in [1.54, 1.807) is 26.0 Å². The summed E-state index contributed by atoms with van der Waals surface area (Å²) in [6.45, 7) is 9.69. The molecule has 0 bridgehead atoms. The molecular weight excluding hydrogens is 376 g/mol. The summed E-state index contributed by atoms with van der Waals surface area (Å²) in [5.41, 5.74) is 0.828. The highest BCUT2D eigenvalue weighted by atomic mass is 16.6. The van der Waals surface area contributed by atoms with Gasteiger partial charge in [-0.2, -0.15) is 0 Å². The summed E-state index contributed by atoms with van der Waals surface area (Å²) < 4.78 is 16.9. The van der Waals surface area contributed by atoms with Crippen molar-refractivity contribution in [1.82, 2.24) is 0 Å². The van der Waals surface area contributed by atoms with Crippen molar-refractivity contribution in [3.05, 3.63) is 34.4 Å².